The number of carbonyl (C=O) groups excluding carboxylic acids is 2. The molecule has 0 bridgehead atoms. The molecule has 1 aliphatic rings. The molecule has 1 N–H and O–H groups in total. The van der Waals surface area contributed by atoms with Crippen LogP contribution >= 0.6 is 11.8 Å². The number of benzene rings is 2. The van der Waals surface area contributed by atoms with E-state index in [0.29, 0.717) is 16.4 Å². The zero-order chi connectivity index (χ0) is 23.5. The molecule has 0 aliphatic carbocycles. The van der Waals surface area contributed by atoms with E-state index < -0.39 is 0 Å². The molecule has 0 saturated carbocycles. The third-order valence-corrected chi connectivity index (χ3v) is 6.85. The van der Waals surface area contributed by atoms with Crippen LogP contribution in [0.3, 0.4) is 0 Å². The summed E-state index contributed by atoms with van der Waals surface area (Å²) >= 11 is 1.34. The lowest BCUT2D eigenvalue weighted by Crippen LogP contribution is -2.27. The Hall–Kier alpha value is -3.65. The highest BCUT2D eigenvalue weighted by Crippen LogP contribution is 2.28. The average molecular weight is 472 g/mol. The smallest absolute Gasteiger partial charge is 0.270 e. The van der Waals surface area contributed by atoms with Crippen LogP contribution in [0, 0.1) is 6.92 Å². The number of aryl methyl sites for hydroxylation is 1. The van der Waals surface area contributed by atoms with Crippen molar-refractivity contribution in [1.82, 2.24) is 24.6 Å². The van der Waals surface area contributed by atoms with Gasteiger partial charge in [0.2, 0.25) is 0 Å². The van der Waals surface area contributed by atoms with Crippen LogP contribution in [0.1, 0.15) is 39.3 Å². The van der Waals surface area contributed by atoms with E-state index >= 15 is 0 Å². The predicted molar refractivity (Wildman–Crippen MR) is 133 cm³/mol. The third kappa shape index (κ3) is 4.54. The Morgan fingerprint density at radius 3 is 2.47 bits per heavy atom. The Balaban J connectivity index is 1.36. The second kappa shape index (κ2) is 9.69. The molecule has 7 nitrogen and oxygen atoms in total. The van der Waals surface area contributed by atoms with Crippen LogP contribution < -0.4 is 0 Å². The molecule has 1 saturated heterocycles. The van der Waals surface area contributed by atoms with Gasteiger partial charge in [0.15, 0.2) is 16.8 Å². The summed E-state index contributed by atoms with van der Waals surface area (Å²) in [6, 6.07) is 19.7. The van der Waals surface area contributed by atoms with Crippen LogP contribution in [0.2, 0.25) is 0 Å². The number of H-pyrrole nitrogens is 1. The molecule has 1 aliphatic heterocycles. The van der Waals surface area contributed by atoms with Crippen LogP contribution in [0.25, 0.3) is 17.1 Å². The third-order valence-electron chi connectivity index (χ3n) is 5.92. The Morgan fingerprint density at radius 1 is 1.00 bits per heavy atom. The number of Topliss-reactive ketones (excluding diaryl/α,β-unsaturated/α-hetero) is 1. The van der Waals surface area contributed by atoms with Gasteiger partial charge in [0.25, 0.3) is 5.91 Å². The summed E-state index contributed by atoms with van der Waals surface area (Å²) in [6.07, 6.45) is 3.68. The van der Waals surface area contributed by atoms with Crippen molar-refractivity contribution >= 4 is 23.5 Å². The largest absolute Gasteiger partial charge is 0.356 e. The second-order valence-electron chi connectivity index (χ2n) is 8.36. The summed E-state index contributed by atoms with van der Waals surface area (Å²) in [5.41, 5.74) is 4.01. The molecule has 0 spiro atoms. The molecule has 5 rings (SSSR count). The lowest BCUT2D eigenvalue weighted by Gasteiger charge is -2.13. The topological polar surface area (TPSA) is 83.9 Å². The van der Waals surface area contributed by atoms with E-state index in [1.165, 1.54) is 11.8 Å². The number of carbonyl (C=O) groups is 2. The first-order chi connectivity index (χ1) is 16.6. The van der Waals surface area contributed by atoms with Crippen molar-refractivity contribution in [2.45, 2.75) is 24.9 Å². The Bertz CT molecular complexity index is 1300. The van der Waals surface area contributed by atoms with Crippen molar-refractivity contribution in [3.63, 3.8) is 0 Å². The number of hydrogen-bond acceptors (Lipinski definition) is 5. The summed E-state index contributed by atoms with van der Waals surface area (Å²) in [4.78, 5) is 30.3. The molecule has 8 heteroatoms. The number of nitrogens with one attached hydrogen (secondary N) is 1. The van der Waals surface area contributed by atoms with Gasteiger partial charge in [-0.15, -0.1) is 10.2 Å². The van der Waals surface area contributed by atoms with E-state index in [1.54, 1.807) is 12.3 Å². The number of aromatic nitrogens is 4. The first-order valence-electron chi connectivity index (χ1n) is 11.3. The van der Waals surface area contributed by atoms with E-state index in [4.69, 9.17) is 0 Å². The molecule has 4 aromatic rings. The van der Waals surface area contributed by atoms with Gasteiger partial charge >= 0.3 is 0 Å². The van der Waals surface area contributed by atoms with Crippen LogP contribution in [0.5, 0.6) is 0 Å². The molecule has 34 heavy (non-hydrogen) atoms. The fourth-order valence-electron chi connectivity index (χ4n) is 4.05. The van der Waals surface area contributed by atoms with Gasteiger partial charge < -0.3 is 9.88 Å². The van der Waals surface area contributed by atoms with Crippen molar-refractivity contribution in [1.29, 1.82) is 0 Å². The molecule has 1 amide bonds. The van der Waals surface area contributed by atoms with E-state index in [1.807, 2.05) is 71.0 Å². The van der Waals surface area contributed by atoms with Gasteiger partial charge in [-0.1, -0.05) is 59.8 Å². The maximum atomic E-state index is 12.9. The van der Waals surface area contributed by atoms with Gasteiger partial charge in [-0.3, -0.25) is 14.2 Å². The summed E-state index contributed by atoms with van der Waals surface area (Å²) in [7, 11) is 0. The first-order valence-corrected chi connectivity index (χ1v) is 12.3. The quantitative estimate of drug-likeness (QED) is 0.310. The number of hydrogen-bond donors (Lipinski definition) is 1. The summed E-state index contributed by atoms with van der Waals surface area (Å²) < 4.78 is 1.98. The van der Waals surface area contributed by atoms with Gasteiger partial charge in [0.05, 0.1) is 5.75 Å². The van der Waals surface area contributed by atoms with Crippen LogP contribution in [-0.4, -0.2) is 55.2 Å². The lowest BCUT2D eigenvalue weighted by molar-refractivity contribution is 0.0787. The zero-order valence-electron chi connectivity index (χ0n) is 18.9. The highest BCUT2D eigenvalue weighted by Gasteiger charge is 2.22. The van der Waals surface area contributed by atoms with Crippen LogP contribution in [-0.2, 0) is 0 Å². The zero-order valence-corrected chi connectivity index (χ0v) is 19.7. The molecular weight excluding hydrogens is 446 g/mol. The van der Waals surface area contributed by atoms with Gasteiger partial charge in [0, 0.05) is 36.1 Å². The molecule has 2 aromatic heterocycles. The average Bonchev–Trinajstić information content (AvgIpc) is 3.64. The minimum Gasteiger partial charge on any atom is -0.356 e. The van der Waals surface area contributed by atoms with E-state index in [9.17, 15) is 9.59 Å². The summed E-state index contributed by atoms with van der Waals surface area (Å²) in [5.74, 6) is 0.797. The maximum absolute atomic E-state index is 12.9. The second-order valence-corrected chi connectivity index (χ2v) is 9.30. The van der Waals surface area contributed by atoms with Gasteiger partial charge in [-0.05, 0) is 38.0 Å². The van der Waals surface area contributed by atoms with Crippen LogP contribution in [0.15, 0.2) is 72.0 Å². The van der Waals surface area contributed by atoms with E-state index in [-0.39, 0.29) is 17.4 Å². The number of ketones is 1. The fourth-order valence-corrected chi connectivity index (χ4v) is 4.89. The van der Waals surface area contributed by atoms with Gasteiger partial charge in [-0.2, -0.15) is 0 Å². The minimum absolute atomic E-state index is 0.0455. The molecule has 1 fully saturated rings. The number of amides is 1. The molecule has 172 valence electrons. The Morgan fingerprint density at radius 2 is 1.74 bits per heavy atom. The van der Waals surface area contributed by atoms with E-state index in [0.717, 1.165) is 48.6 Å². The van der Waals surface area contributed by atoms with E-state index in [2.05, 4.69) is 15.2 Å². The first kappa shape index (κ1) is 22.2. The predicted octanol–water partition coefficient (Wildman–Crippen LogP) is 4.78. The molecule has 3 heterocycles. The SMILES string of the molecule is Cc1ccc(-n2c(SCC(=O)c3c[nH]c(C(=O)N4CCCC4)c3)nnc2-c2ccccc2)cc1. The van der Waals surface area contributed by atoms with Crippen molar-refractivity contribution < 1.29 is 9.59 Å². The van der Waals surface area contributed by atoms with Crippen molar-refractivity contribution in [2.75, 3.05) is 18.8 Å². The molecule has 2 aromatic carbocycles. The fraction of sp³-hybridized carbons (Fsp3) is 0.231. The Kier molecular flexibility index (Phi) is 6.31. The van der Waals surface area contributed by atoms with Gasteiger partial charge in [-0.25, -0.2) is 0 Å². The number of thioether (sulfide) groups is 1. The summed E-state index contributed by atoms with van der Waals surface area (Å²) in [6.45, 7) is 3.59. The Labute approximate surface area is 202 Å². The number of nitrogens with zero attached hydrogens (tertiary/aromatic N) is 4. The standard InChI is InChI=1S/C26H25N5O2S/c1-18-9-11-21(12-10-18)31-24(19-7-3-2-4-8-19)28-29-26(31)34-17-23(32)20-15-22(27-16-20)25(33)30-13-5-6-14-30/h2-4,7-12,15-16,27H,5-6,13-14,17H2,1H3. The maximum Gasteiger partial charge on any atom is 0.270 e. The lowest BCUT2D eigenvalue weighted by atomic mass is 10.2. The molecular formula is C26H25N5O2S. The highest BCUT2D eigenvalue weighted by atomic mass is 32.2. The van der Waals surface area contributed by atoms with Crippen molar-refractivity contribution in [3.8, 4) is 17.1 Å². The number of likely N-dealkylation sites (tertiary alicyclic amines) is 1. The molecule has 0 radical (unpaired) electrons. The molecule has 0 atom stereocenters. The molecule has 0 unspecified atom stereocenters. The highest BCUT2D eigenvalue weighted by molar-refractivity contribution is 7.99. The minimum atomic E-state index is -0.0681. The van der Waals surface area contributed by atoms with Crippen molar-refractivity contribution in [2.24, 2.45) is 0 Å². The van der Waals surface area contributed by atoms with Crippen LogP contribution in [0.4, 0.5) is 0 Å². The normalized spacial score (nSPS) is 13.4. The monoisotopic (exact) mass is 471 g/mol. The van der Waals surface area contributed by atoms with Gasteiger partial charge in [0.1, 0.15) is 5.69 Å². The van der Waals surface area contributed by atoms with Crippen molar-refractivity contribution in [3.05, 3.63) is 83.7 Å². The number of rotatable bonds is 7. The summed E-state index contributed by atoms with van der Waals surface area (Å²) in [5, 5.41) is 9.47. The number of aromatic amines is 1.